The van der Waals surface area contributed by atoms with Gasteiger partial charge in [0.05, 0.1) is 3.79 Å². The Bertz CT molecular complexity index is 556. The Morgan fingerprint density at radius 3 is 2.79 bits per heavy atom. The summed E-state index contributed by atoms with van der Waals surface area (Å²) in [6.45, 7) is 1.51. The van der Waals surface area contributed by atoms with Gasteiger partial charge in [0.2, 0.25) is 0 Å². The third-order valence-corrected chi connectivity index (χ3v) is 4.70. The van der Waals surface area contributed by atoms with Crippen LogP contribution in [0.4, 0.5) is 5.69 Å². The zero-order valence-corrected chi connectivity index (χ0v) is 13.9. The lowest BCUT2D eigenvalue weighted by Gasteiger charge is -2.22. The van der Waals surface area contributed by atoms with Gasteiger partial charge >= 0.3 is 0 Å². The van der Waals surface area contributed by atoms with Gasteiger partial charge in [-0.3, -0.25) is 0 Å². The van der Waals surface area contributed by atoms with Gasteiger partial charge in [0.15, 0.2) is 0 Å². The summed E-state index contributed by atoms with van der Waals surface area (Å²) >= 11 is 11.3. The summed E-state index contributed by atoms with van der Waals surface area (Å²) in [6.07, 6.45) is 0.865. The van der Waals surface area contributed by atoms with Crippen LogP contribution >= 0.6 is 38.9 Å². The molecule has 102 valence electrons. The van der Waals surface area contributed by atoms with Crippen LogP contribution in [0.3, 0.4) is 0 Å². The highest BCUT2D eigenvalue weighted by atomic mass is 79.9. The van der Waals surface area contributed by atoms with Gasteiger partial charge < -0.3 is 10.6 Å². The lowest BCUT2D eigenvalue weighted by molar-refractivity contribution is 0.895. The lowest BCUT2D eigenvalue weighted by Crippen LogP contribution is -2.18. The third kappa shape index (κ3) is 3.96. The van der Waals surface area contributed by atoms with Crippen LogP contribution in [0, 0.1) is 0 Å². The van der Waals surface area contributed by atoms with E-state index in [0.717, 1.165) is 27.5 Å². The molecule has 0 atom stereocenters. The molecule has 2 aromatic rings. The number of rotatable bonds is 5. The van der Waals surface area contributed by atoms with Gasteiger partial charge in [0.25, 0.3) is 0 Å². The second kappa shape index (κ2) is 6.75. The molecular formula is C14H16BrClN2S. The molecule has 0 unspecified atom stereocenters. The number of hydrogen-bond acceptors (Lipinski definition) is 3. The summed E-state index contributed by atoms with van der Waals surface area (Å²) in [5.74, 6) is 0. The van der Waals surface area contributed by atoms with Crippen molar-refractivity contribution in [2.45, 2.75) is 13.0 Å². The third-order valence-electron chi connectivity index (χ3n) is 2.91. The Morgan fingerprint density at radius 2 is 2.16 bits per heavy atom. The SMILES string of the molecule is CN(Cc1csc(Br)c1)c1cc(Cl)ccc1CCN. The van der Waals surface area contributed by atoms with Gasteiger partial charge in [0.1, 0.15) is 0 Å². The monoisotopic (exact) mass is 358 g/mol. The number of halogens is 2. The van der Waals surface area contributed by atoms with Crippen LogP contribution in [-0.4, -0.2) is 13.6 Å². The van der Waals surface area contributed by atoms with Crippen molar-refractivity contribution in [3.05, 3.63) is 49.6 Å². The van der Waals surface area contributed by atoms with Gasteiger partial charge in [-0.1, -0.05) is 17.7 Å². The number of nitrogens with two attached hydrogens (primary N) is 1. The van der Waals surface area contributed by atoms with E-state index in [1.807, 2.05) is 12.1 Å². The Balaban J connectivity index is 2.21. The fourth-order valence-corrected chi connectivity index (χ4v) is 3.41. The summed E-state index contributed by atoms with van der Waals surface area (Å²) in [7, 11) is 2.08. The summed E-state index contributed by atoms with van der Waals surface area (Å²) in [4.78, 5) is 2.21. The Hall–Kier alpha value is -0.550. The quantitative estimate of drug-likeness (QED) is 0.862. The molecule has 0 radical (unpaired) electrons. The highest BCUT2D eigenvalue weighted by Crippen LogP contribution is 2.27. The molecule has 0 saturated carbocycles. The van der Waals surface area contributed by atoms with Gasteiger partial charge in [-0.05, 0) is 63.6 Å². The zero-order valence-electron chi connectivity index (χ0n) is 10.7. The molecule has 0 aliphatic carbocycles. The minimum absolute atomic E-state index is 0.645. The number of hydrogen-bond donors (Lipinski definition) is 1. The standard InChI is InChI=1S/C14H16BrClN2S/c1-18(8-10-6-14(15)19-9-10)13-7-12(16)3-2-11(13)4-5-17/h2-3,6-7,9H,4-5,8,17H2,1H3. The molecule has 2 nitrogen and oxygen atoms in total. The van der Waals surface area contributed by atoms with E-state index in [4.69, 9.17) is 17.3 Å². The van der Waals surface area contributed by atoms with Crippen molar-refractivity contribution >= 4 is 44.6 Å². The normalized spacial score (nSPS) is 10.7. The topological polar surface area (TPSA) is 29.3 Å². The molecule has 0 saturated heterocycles. The first kappa shape index (κ1) is 14.9. The highest BCUT2D eigenvalue weighted by molar-refractivity contribution is 9.11. The van der Waals surface area contributed by atoms with Crippen LogP contribution in [-0.2, 0) is 13.0 Å². The number of nitrogens with zero attached hydrogens (tertiary/aromatic N) is 1. The fourth-order valence-electron chi connectivity index (χ4n) is 2.05. The highest BCUT2D eigenvalue weighted by Gasteiger charge is 2.09. The van der Waals surface area contributed by atoms with Gasteiger partial charge in [-0.2, -0.15) is 0 Å². The summed E-state index contributed by atoms with van der Waals surface area (Å²) < 4.78 is 1.16. The van der Waals surface area contributed by atoms with Crippen molar-refractivity contribution in [3.8, 4) is 0 Å². The minimum atomic E-state index is 0.645. The first-order valence-electron chi connectivity index (χ1n) is 6.02. The van der Waals surface area contributed by atoms with Crippen molar-refractivity contribution in [1.82, 2.24) is 0 Å². The number of benzene rings is 1. The Labute approximate surface area is 131 Å². The van der Waals surface area contributed by atoms with Gasteiger partial charge in [0, 0.05) is 24.3 Å². The Morgan fingerprint density at radius 1 is 1.37 bits per heavy atom. The molecule has 1 aromatic heterocycles. The molecule has 0 fully saturated rings. The van der Waals surface area contributed by atoms with E-state index in [2.05, 4.69) is 45.4 Å². The molecule has 0 amide bonds. The molecule has 0 aliphatic rings. The molecule has 1 aromatic carbocycles. The van der Waals surface area contributed by atoms with E-state index in [-0.39, 0.29) is 0 Å². The van der Waals surface area contributed by atoms with Crippen LogP contribution in [0.25, 0.3) is 0 Å². The maximum atomic E-state index is 6.10. The molecule has 5 heteroatoms. The molecule has 2 rings (SSSR count). The predicted octanol–water partition coefficient (Wildman–Crippen LogP) is 4.30. The van der Waals surface area contributed by atoms with Crippen LogP contribution in [0.5, 0.6) is 0 Å². The zero-order chi connectivity index (χ0) is 13.8. The van der Waals surface area contributed by atoms with E-state index >= 15 is 0 Å². The molecular weight excluding hydrogens is 344 g/mol. The second-order valence-corrected chi connectivity index (χ2v) is 7.15. The van der Waals surface area contributed by atoms with E-state index in [1.165, 1.54) is 11.1 Å². The van der Waals surface area contributed by atoms with Crippen molar-refractivity contribution in [2.24, 2.45) is 5.73 Å². The fraction of sp³-hybridized carbons (Fsp3) is 0.286. The summed E-state index contributed by atoms with van der Waals surface area (Å²) in [6, 6.07) is 8.14. The lowest BCUT2D eigenvalue weighted by atomic mass is 10.1. The van der Waals surface area contributed by atoms with E-state index in [0.29, 0.717) is 6.54 Å². The van der Waals surface area contributed by atoms with Crippen LogP contribution < -0.4 is 10.6 Å². The largest absolute Gasteiger partial charge is 0.370 e. The first-order chi connectivity index (χ1) is 9.10. The van der Waals surface area contributed by atoms with Gasteiger partial charge in [-0.25, -0.2) is 0 Å². The van der Waals surface area contributed by atoms with Crippen LogP contribution in [0.1, 0.15) is 11.1 Å². The van der Waals surface area contributed by atoms with E-state index < -0.39 is 0 Å². The number of thiophene rings is 1. The average Bonchev–Trinajstić information content (AvgIpc) is 2.77. The van der Waals surface area contributed by atoms with Crippen molar-refractivity contribution in [3.63, 3.8) is 0 Å². The molecule has 0 aliphatic heterocycles. The van der Waals surface area contributed by atoms with Crippen LogP contribution in [0.15, 0.2) is 33.4 Å². The summed E-state index contributed by atoms with van der Waals surface area (Å²) in [5.41, 5.74) is 9.35. The molecule has 1 heterocycles. The smallest absolute Gasteiger partial charge is 0.0701 e. The molecule has 0 bridgehead atoms. The van der Waals surface area contributed by atoms with Crippen molar-refractivity contribution in [1.29, 1.82) is 0 Å². The molecule has 19 heavy (non-hydrogen) atoms. The average molecular weight is 360 g/mol. The maximum Gasteiger partial charge on any atom is 0.0701 e. The Kier molecular flexibility index (Phi) is 5.28. The maximum absolute atomic E-state index is 6.10. The van der Waals surface area contributed by atoms with Crippen molar-refractivity contribution in [2.75, 3.05) is 18.5 Å². The number of anilines is 1. The second-order valence-electron chi connectivity index (χ2n) is 4.43. The van der Waals surface area contributed by atoms with Gasteiger partial charge in [-0.15, -0.1) is 11.3 Å². The first-order valence-corrected chi connectivity index (χ1v) is 8.07. The van der Waals surface area contributed by atoms with Crippen molar-refractivity contribution < 1.29 is 0 Å². The minimum Gasteiger partial charge on any atom is -0.370 e. The predicted molar refractivity (Wildman–Crippen MR) is 88.3 cm³/mol. The summed E-state index contributed by atoms with van der Waals surface area (Å²) in [5, 5.41) is 2.92. The van der Waals surface area contributed by atoms with E-state index in [1.54, 1.807) is 11.3 Å². The van der Waals surface area contributed by atoms with E-state index in [9.17, 15) is 0 Å². The van der Waals surface area contributed by atoms with Crippen LogP contribution in [0.2, 0.25) is 5.02 Å². The molecule has 0 spiro atoms. The molecule has 2 N–H and O–H groups in total.